The summed E-state index contributed by atoms with van der Waals surface area (Å²) in [4.78, 5) is 0. The first-order valence-corrected chi connectivity index (χ1v) is 7.69. The van der Waals surface area contributed by atoms with Crippen LogP contribution in [0.25, 0.3) is 10.9 Å². The van der Waals surface area contributed by atoms with Crippen LogP contribution in [0, 0.1) is 5.82 Å². The second-order valence-corrected chi connectivity index (χ2v) is 5.99. The highest BCUT2D eigenvalue weighted by atomic mass is 79.9. The van der Waals surface area contributed by atoms with E-state index in [-0.39, 0.29) is 5.82 Å². The van der Waals surface area contributed by atoms with E-state index in [0.717, 1.165) is 16.4 Å². The van der Waals surface area contributed by atoms with Gasteiger partial charge in [0.1, 0.15) is 5.82 Å². The van der Waals surface area contributed by atoms with Crippen molar-refractivity contribution in [2.24, 2.45) is 5.73 Å². The third kappa shape index (κ3) is 2.87. The number of nitrogens with zero attached hydrogens (tertiary/aromatic N) is 1. The molecule has 0 aliphatic rings. The van der Waals surface area contributed by atoms with Crippen LogP contribution in [-0.4, -0.2) is 11.1 Å². The zero-order valence-corrected chi connectivity index (χ0v) is 13.1. The Kier molecular flexibility index (Phi) is 4.08. The molecule has 0 unspecified atom stereocenters. The fourth-order valence-corrected chi connectivity index (χ4v) is 3.00. The average molecular weight is 347 g/mol. The van der Waals surface area contributed by atoms with Gasteiger partial charge in [-0.2, -0.15) is 0 Å². The summed E-state index contributed by atoms with van der Waals surface area (Å²) in [5.41, 5.74) is 8.72. The summed E-state index contributed by atoms with van der Waals surface area (Å²) >= 11 is 3.29. The SMILES string of the molecule is NCCc1cccc2ccn(Cc3ccc(Br)cc3F)c12. The summed E-state index contributed by atoms with van der Waals surface area (Å²) in [6.45, 7) is 1.13. The molecule has 0 bridgehead atoms. The lowest BCUT2D eigenvalue weighted by molar-refractivity contribution is 0.601. The summed E-state index contributed by atoms with van der Waals surface area (Å²) in [7, 11) is 0. The fraction of sp³-hybridized carbons (Fsp3) is 0.176. The Hall–Kier alpha value is -1.65. The topological polar surface area (TPSA) is 30.9 Å². The Balaban J connectivity index is 2.04. The smallest absolute Gasteiger partial charge is 0.129 e. The van der Waals surface area contributed by atoms with Crippen LogP contribution in [0.2, 0.25) is 0 Å². The molecule has 108 valence electrons. The van der Waals surface area contributed by atoms with Crippen LogP contribution in [0.15, 0.2) is 53.1 Å². The summed E-state index contributed by atoms with van der Waals surface area (Å²) in [6, 6.07) is 13.4. The van der Waals surface area contributed by atoms with E-state index < -0.39 is 0 Å². The van der Waals surface area contributed by atoms with E-state index in [0.29, 0.717) is 18.7 Å². The lowest BCUT2D eigenvalue weighted by atomic mass is 10.1. The quantitative estimate of drug-likeness (QED) is 0.757. The van der Waals surface area contributed by atoms with Gasteiger partial charge >= 0.3 is 0 Å². The van der Waals surface area contributed by atoms with Crippen molar-refractivity contribution < 1.29 is 4.39 Å². The van der Waals surface area contributed by atoms with Crippen molar-refractivity contribution in [3.05, 3.63) is 70.1 Å². The number of para-hydroxylation sites is 1. The Bertz CT molecular complexity index is 780. The fourth-order valence-electron chi connectivity index (χ4n) is 2.66. The molecule has 0 amide bonds. The van der Waals surface area contributed by atoms with Crippen LogP contribution in [0.1, 0.15) is 11.1 Å². The van der Waals surface area contributed by atoms with Crippen molar-refractivity contribution in [2.75, 3.05) is 6.54 Å². The molecular formula is C17H16BrFN2. The van der Waals surface area contributed by atoms with Crippen molar-refractivity contribution in [2.45, 2.75) is 13.0 Å². The number of benzene rings is 2. The van der Waals surface area contributed by atoms with Crippen molar-refractivity contribution >= 4 is 26.8 Å². The standard InChI is InChI=1S/C17H16BrFN2/c18-15-5-4-14(16(19)10-15)11-21-9-7-13-3-1-2-12(6-8-20)17(13)21/h1-5,7,9-10H,6,8,11,20H2. The Morgan fingerprint density at radius 1 is 1.10 bits per heavy atom. The number of rotatable bonds is 4. The van der Waals surface area contributed by atoms with Crippen LogP contribution in [0.4, 0.5) is 4.39 Å². The summed E-state index contributed by atoms with van der Waals surface area (Å²) in [5, 5.41) is 1.17. The second-order valence-electron chi connectivity index (χ2n) is 5.07. The van der Waals surface area contributed by atoms with Gasteiger partial charge in [-0.25, -0.2) is 4.39 Å². The highest BCUT2D eigenvalue weighted by molar-refractivity contribution is 9.10. The van der Waals surface area contributed by atoms with Gasteiger partial charge < -0.3 is 10.3 Å². The molecule has 0 saturated heterocycles. The van der Waals surface area contributed by atoms with Crippen molar-refractivity contribution in [1.29, 1.82) is 0 Å². The maximum Gasteiger partial charge on any atom is 0.129 e. The van der Waals surface area contributed by atoms with E-state index in [1.807, 2.05) is 24.4 Å². The molecule has 1 aromatic heterocycles. The zero-order chi connectivity index (χ0) is 14.8. The molecule has 0 saturated carbocycles. The number of fused-ring (bicyclic) bond motifs is 1. The number of hydrogen-bond donors (Lipinski definition) is 1. The predicted octanol–water partition coefficient (Wildman–Crippen LogP) is 4.09. The highest BCUT2D eigenvalue weighted by Gasteiger charge is 2.09. The van der Waals surface area contributed by atoms with Crippen LogP contribution >= 0.6 is 15.9 Å². The molecule has 0 aliphatic carbocycles. The minimum atomic E-state index is -0.192. The molecule has 2 nitrogen and oxygen atoms in total. The molecule has 2 aromatic carbocycles. The highest BCUT2D eigenvalue weighted by Crippen LogP contribution is 2.23. The average Bonchev–Trinajstić information content (AvgIpc) is 2.87. The molecule has 2 N–H and O–H groups in total. The molecule has 0 fully saturated rings. The summed E-state index contributed by atoms with van der Waals surface area (Å²) < 4.78 is 16.9. The van der Waals surface area contributed by atoms with E-state index in [2.05, 4.69) is 38.7 Å². The molecule has 1 heterocycles. The Labute approximate surface area is 131 Å². The Morgan fingerprint density at radius 2 is 1.95 bits per heavy atom. The molecule has 3 rings (SSSR count). The molecule has 4 heteroatoms. The van der Waals surface area contributed by atoms with Gasteiger partial charge in [0, 0.05) is 16.2 Å². The van der Waals surface area contributed by atoms with Gasteiger partial charge in [-0.15, -0.1) is 0 Å². The molecule has 0 atom stereocenters. The second kappa shape index (κ2) is 6.00. The van der Waals surface area contributed by atoms with Crippen LogP contribution in [0.5, 0.6) is 0 Å². The van der Waals surface area contributed by atoms with Gasteiger partial charge in [-0.1, -0.05) is 40.2 Å². The predicted molar refractivity (Wildman–Crippen MR) is 87.9 cm³/mol. The van der Waals surface area contributed by atoms with Gasteiger partial charge in [-0.05, 0) is 42.1 Å². The third-order valence-corrected chi connectivity index (χ3v) is 4.13. The molecule has 21 heavy (non-hydrogen) atoms. The number of hydrogen-bond acceptors (Lipinski definition) is 1. The van der Waals surface area contributed by atoms with Crippen LogP contribution in [-0.2, 0) is 13.0 Å². The van der Waals surface area contributed by atoms with Gasteiger partial charge in [0.2, 0.25) is 0 Å². The summed E-state index contributed by atoms with van der Waals surface area (Å²) in [6.07, 6.45) is 2.83. The van der Waals surface area contributed by atoms with Crippen molar-refractivity contribution in [3.63, 3.8) is 0 Å². The van der Waals surface area contributed by atoms with E-state index >= 15 is 0 Å². The lowest BCUT2D eigenvalue weighted by Gasteiger charge is -2.10. The monoisotopic (exact) mass is 346 g/mol. The van der Waals surface area contributed by atoms with Crippen LogP contribution < -0.4 is 5.73 Å². The molecule has 0 aliphatic heterocycles. The summed E-state index contributed by atoms with van der Waals surface area (Å²) in [5.74, 6) is -0.192. The molecular weight excluding hydrogens is 331 g/mol. The maximum atomic E-state index is 14.0. The first-order valence-electron chi connectivity index (χ1n) is 6.90. The van der Waals surface area contributed by atoms with E-state index in [4.69, 9.17) is 5.73 Å². The minimum Gasteiger partial charge on any atom is -0.343 e. The Morgan fingerprint density at radius 3 is 2.71 bits per heavy atom. The number of halogens is 2. The third-order valence-electron chi connectivity index (χ3n) is 3.64. The lowest BCUT2D eigenvalue weighted by Crippen LogP contribution is -2.06. The molecule has 3 aromatic rings. The molecule has 0 radical (unpaired) electrons. The van der Waals surface area contributed by atoms with Gasteiger partial charge in [0.05, 0.1) is 12.1 Å². The largest absolute Gasteiger partial charge is 0.343 e. The number of nitrogens with two attached hydrogens (primary N) is 1. The van der Waals surface area contributed by atoms with E-state index in [9.17, 15) is 4.39 Å². The normalized spacial score (nSPS) is 11.2. The van der Waals surface area contributed by atoms with Gasteiger partial charge in [0.15, 0.2) is 0 Å². The first-order chi connectivity index (χ1) is 10.2. The number of aromatic nitrogens is 1. The maximum absolute atomic E-state index is 14.0. The first kappa shape index (κ1) is 14.3. The minimum absolute atomic E-state index is 0.192. The van der Waals surface area contributed by atoms with Gasteiger partial charge in [0.25, 0.3) is 0 Å². The van der Waals surface area contributed by atoms with Gasteiger partial charge in [-0.3, -0.25) is 0 Å². The van der Waals surface area contributed by atoms with Crippen molar-refractivity contribution in [1.82, 2.24) is 4.57 Å². The van der Waals surface area contributed by atoms with E-state index in [1.165, 1.54) is 17.0 Å². The molecule has 0 spiro atoms. The van der Waals surface area contributed by atoms with Crippen molar-refractivity contribution in [3.8, 4) is 0 Å². The zero-order valence-electron chi connectivity index (χ0n) is 11.5. The van der Waals surface area contributed by atoms with Crippen LogP contribution in [0.3, 0.4) is 0 Å². The van der Waals surface area contributed by atoms with E-state index in [1.54, 1.807) is 0 Å².